The van der Waals surface area contributed by atoms with Gasteiger partial charge in [-0.2, -0.15) is 0 Å². The molecule has 1 amide bonds. The molecule has 3 rings (SSSR count). The lowest BCUT2D eigenvalue weighted by molar-refractivity contribution is -0.116. The van der Waals surface area contributed by atoms with E-state index in [9.17, 15) is 9.18 Å². The van der Waals surface area contributed by atoms with Crippen molar-refractivity contribution in [3.63, 3.8) is 0 Å². The monoisotopic (exact) mass is 338 g/mol. The van der Waals surface area contributed by atoms with Crippen LogP contribution >= 0.6 is 0 Å². The normalized spacial score (nSPS) is 14.9. The zero-order chi connectivity index (χ0) is 17.5. The van der Waals surface area contributed by atoms with Crippen molar-refractivity contribution in [3.05, 3.63) is 77.1 Å². The first kappa shape index (κ1) is 17.4. The molecule has 4 heteroatoms. The van der Waals surface area contributed by atoms with Crippen molar-refractivity contribution in [1.82, 2.24) is 10.2 Å². The van der Waals surface area contributed by atoms with E-state index in [2.05, 4.69) is 22.3 Å². The van der Waals surface area contributed by atoms with Gasteiger partial charge in [-0.1, -0.05) is 36.4 Å². The fourth-order valence-electron chi connectivity index (χ4n) is 3.03. The maximum absolute atomic E-state index is 12.8. The molecule has 0 radical (unpaired) electrons. The lowest BCUT2D eigenvalue weighted by atomic mass is 10.1. The number of carbonyl (C=O) groups is 1. The molecule has 0 aliphatic carbocycles. The summed E-state index contributed by atoms with van der Waals surface area (Å²) in [4.78, 5) is 14.4. The molecular weight excluding hydrogens is 315 g/mol. The molecule has 3 nitrogen and oxygen atoms in total. The molecule has 0 spiro atoms. The molecule has 0 atom stereocenters. The first-order valence-corrected chi connectivity index (χ1v) is 8.71. The second-order valence-corrected chi connectivity index (χ2v) is 6.41. The Morgan fingerprint density at radius 3 is 2.56 bits per heavy atom. The average Bonchev–Trinajstić information content (AvgIpc) is 3.13. The number of rotatable bonds is 6. The van der Waals surface area contributed by atoms with Gasteiger partial charge in [0.05, 0.1) is 0 Å². The molecule has 1 saturated heterocycles. The fourth-order valence-corrected chi connectivity index (χ4v) is 3.03. The van der Waals surface area contributed by atoms with Crippen LogP contribution in [0.1, 0.15) is 29.5 Å². The van der Waals surface area contributed by atoms with E-state index in [1.807, 2.05) is 12.1 Å². The second-order valence-electron chi connectivity index (χ2n) is 6.41. The summed E-state index contributed by atoms with van der Waals surface area (Å²) in [6.07, 6.45) is 5.73. The predicted molar refractivity (Wildman–Crippen MR) is 98.2 cm³/mol. The highest BCUT2D eigenvalue weighted by molar-refractivity contribution is 5.91. The number of halogens is 1. The van der Waals surface area contributed by atoms with Crippen LogP contribution in [0.4, 0.5) is 4.39 Å². The van der Waals surface area contributed by atoms with Crippen LogP contribution in [0.3, 0.4) is 0 Å². The molecule has 0 saturated carbocycles. The predicted octanol–water partition coefficient (Wildman–Crippen LogP) is 3.75. The summed E-state index contributed by atoms with van der Waals surface area (Å²) in [5, 5.41) is 2.89. The van der Waals surface area contributed by atoms with Gasteiger partial charge in [0, 0.05) is 19.2 Å². The van der Waals surface area contributed by atoms with E-state index in [0.717, 1.165) is 17.7 Å². The number of likely N-dealkylation sites (tertiary alicyclic amines) is 1. The quantitative estimate of drug-likeness (QED) is 0.814. The third kappa shape index (κ3) is 5.54. The largest absolute Gasteiger partial charge is 0.348 e. The topological polar surface area (TPSA) is 32.3 Å². The minimum absolute atomic E-state index is 0.158. The van der Waals surface area contributed by atoms with Crippen molar-refractivity contribution < 1.29 is 9.18 Å². The average molecular weight is 338 g/mol. The van der Waals surface area contributed by atoms with Crippen molar-refractivity contribution in [2.75, 3.05) is 13.1 Å². The Hall–Kier alpha value is -2.46. The molecule has 130 valence electrons. The van der Waals surface area contributed by atoms with Crippen LogP contribution < -0.4 is 5.32 Å². The van der Waals surface area contributed by atoms with Crippen molar-refractivity contribution in [1.29, 1.82) is 0 Å². The second kappa shape index (κ2) is 8.58. The van der Waals surface area contributed by atoms with Crippen LogP contribution in [-0.2, 0) is 17.9 Å². The summed E-state index contributed by atoms with van der Waals surface area (Å²) < 4.78 is 12.8. The zero-order valence-electron chi connectivity index (χ0n) is 14.2. The highest BCUT2D eigenvalue weighted by atomic mass is 19.1. The van der Waals surface area contributed by atoms with Gasteiger partial charge in [-0.15, -0.1) is 0 Å². The maximum atomic E-state index is 12.8. The van der Waals surface area contributed by atoms with Crippen molar-refractivity contribution in [3.8, 4) is 0 Å². The SMILES string of the molecule is O=C(/C=C/c1ccc(F)cc1)NCc1cccc(CN2CCCC2)c1. The van der Waals surface area contributed by atoms with Crippen LogP contribution in [0.5, 0.6) is 0 Å². The Morgan fingerprint density at radius 1 is 1.08 bits per heavy atom. The molecule has 1 aliphatic heterocycles. The molecule has 1 fully saturated rings. The van der Waals surface area contributed by atoms with Crippen LogP contribution in [0.15, 0.2) is 54.6 Å². The van der Waals surface area contributed by atoms with E-state index in [-0.39, 0.29) is 11.7 Å². The Kier molecular flexibility index (Phi) is 5.96. The molecule has 0 aromatic heterocycles. The Balaban J connectivity index is 1.50. The van der Waals surface area contributed by atoms with Crippen molar-refractivity contribution in [2.24, 2.45) is 0 Å². The summed E-state index contributed by atoms with van der Waals surface area (Å²) in [5.41, 5.74) is 3.18. The number of nitrogens with zero attached hydrogens (tertiary/aromatic N) is 1. The van der Waals surface area contributed by atoms with Crippen molar-refractivity contribution >= 4 is 12.0 Å². The molecule has 1 aliphatic rings. The summed E-state index contributed by atoms with van der Waals surface area (Å²) in [7, 11) is 0. The van der Waals surface area contributed by atoms with Gasteiger partial charge in [0.25, 0.3) is 0 Å². The molecule has 2 aromatic carbocycles. The summed E-state index contributed by atoms with van der Waals surface area (Å²) in [5.74, 6) is -0.440. The third-order valence-corrected chi connectivity index (χ3v) is 4.36. The highest BCUT2D eigenvalue weighted by Gasteiger charge is 2.11. The first-order chi connectivity index (χ1) is 12.2. The van der Waals surface area contributed by atoms with Gasteiger partial charge in [0.1, 0.15) is 5.82 Å². The minimum Gasteiger partial charge on any atom is -0.348 e. The van der Waals surface area contributed by atoms with E-state index < -0.39 is 0 Å². The zero-order valence-corrected chi connectivity index (χ0v) is 14.2. The molecular formula is C21H23FN2O. The Labute approximate surface area is 148 Å². The standard InChI is InChI=1S/C21H23FN2O/c22-20-9-6-17(7-10-20)8-11-21(25)23-15-18-4-3-5-19(14-18)16-24-12-1-2-13-24/h3-11,14H,1-2,12-13,15-16H2,(H,23,25)/b11-8+. The molecule has 0 bridgehead atoms. The van der Waals surface area contributed by atoms with Gasteiger partial charge in [-0.3, -0.25) is 9.69 Å². The number of nitrogens with one attached hydrogen (secondary N) is 1. The molecule has 0 unspecified atom stereocenters. The maximum Gasteiger partial charge on any atom is 0.244 e. The van der Waals surface area contributed by atoms with E-state index >= 15 is 0 Å². The summed E-state index contributed by atoms with van der Waals surface area (Å²) in [6, 6.07) is 14.4. The third-order valence-electron chi connectivity index (χ3n) is 4.36. The number of hydrogen-bond acceptors (Lipinski definition) is 2. The summed E-state index contributed by atoms with van der Waals surface area (Å²) in [6.45, 7) is 3.83. The Morgan fingerprint density at radius 2 is 1.80 bits per heavy atom. The minimum atomic E-state index is -0.282. The smallest absolute Gasteiger partial charge is 0.244 e. The highest BCUT2D eigenvalue weighted by Crippen LogP contribution is 2.14. The van der Waals surface area contributed by atoms with Gasteiger partial charge >= 0.3 is 0 Å². The molecule has 2 aromatic rings. The summed E-state index contributed by atoms with van der Waals surface area (Å²) >= 11 is 0. The van der Waals surface area contributed by atoms with E-state index in [0.29, 0.717) is 6.54 Å². The van der Waals surface area contributed by atoms with Gasteiger partial charge in [0.15, 0.2) is 0 Å². The van der Waals surface area contributed by atoms with Crippen LogP contribution in [0.2, 0.25) is 0 Å². The van der Waals surface area contributed by atoms with E-state index in [1.165, 1.54) is 49.7 Å². The van der Waals surface area contributed by atoms with Crippen LogP contribution in [-0.4, -0.2) is 23.9 Å². The van der Waals surface area contributed by atoms with Gasteiger partial charge in [0.2, 0.25) is 5.91 Å². The number of hydrogen-bond donors (Lipinski definition) is 1. The number of carbonyl (C=O) groups excluding carboxylic acids is 1. The van der Waals surface area contributed by atoms with E-state index in [4.69, 9.17) is 0 Å². The number of benzene rings is 2. The fraction of sp³-hybridized carbons (Fsp3) is 0.286. The molecule has 1 heterocycles. The van der Waals surface area contributed by atoms with Crippen LogP contribution in [0, 0.1) is 5.82 Å². The van der Waals surface area contributed by atoms with Gasteiger partial charge in [-0.25, -0.2) is 4.39 Å². The number of amides is 1. The van der Waals surface area contributed by atoms with Gasteiger partial charge < -0.3 is 5.32 Å². The lowest BCUT2D eigenvalue weighted by Gasteiger charge is -2.15. The first-order valence-electron chi connectivity index (χ1n) is 8.71. The van der Waals surface area contributed by atoms with Crippen molar-refractivity contribution in [2.45, 2.75) is 25.9 Å². The lowest BCUT2D eigenvalue weighted by Crippen LogP contribution is -2.21. The molecule has 1 N–H and O–H groups in total. The Bertz CT molecular complexity index is 734. The van der Waals surface area contributed by atoms with Gasteiger partial charge in [-0.05, 0) is 60.8 Å². The van der Waals surface area contributed by atoms with E-state index in [1.54, 1.807) is 18.2 Å². The molecule has 25 heavy (non-hydrogen) atoms. The van der Waals surface area contributed by atoms with Crippen LogP contribution in [0.25, 0.3) is 6.08 Å².